The van der Waals surface area contributed by atoms with Crippen LogP contribution in [-0.4, -0.2) is 45.9 Å². The molecule has 1 aliphatic heterocycles. The van der Waals surface area contributed by atoms with Gasteiger partial charge in [-0.25, -0.2) is 9.37 Å². The third kappa shape index (κ3) is 3.76. The molecule has 1 saturated heterocycles. The minimum atomic E-state index is -0.629. The van der Waals surface area contributed by atoms with Crippen molar-refractivity contribution in [1.29, 1.82) is 0 Å². The summed E-state index contributed by atoms with van der Waals surface area (Å²) in [7, 11) is 1.87. The Kier molecular flexibility index (Phi) is 5.11. The molecule has 2 atom stereocenters. The summed E-state index contributed by atoms with van der Waals surface area (Å²) in [5, 5.41) is 13.8. The van der Waals surface area contributed by atoms with Gasteiger partial charge in [-0.1, -0.05) is 12.1 Å². The van der Waals surface area contributed by atoms with Crippen molar-refractivity contribution in [3.8, 4) is 0 Å². The fraction of sp³-hybridized carbons (Fsp3) is 0.333. The Hall–Kier alpha value is -2.77. The smallest absolute Gasteiger partial charge is 0.270 e. The Balaban J connectivity index is 1.65. The number of pyridine rings is 1. The van der Waals surface area contributed by atoms with Crippen molar-refractivity contribution in [1.82, 2.24) is 14.9 Å². The number of benzene rings is 1. The predicted octanol–water partition coefficient (Wildman–Crippen LogP) is 2.18. The van der Waals surface area contributed by atoms with Crippen molar-refractivity contribution < 1.29 is 19.0 Å². The third-order valence-corrected chi connectivity index (χ3v) is 5.10. The zero-order valence-electron chi connectivity index (χ0n) is 15.6. The van der Waals surface area contributed by atoms with Gasteiger partial charge in [0.15, 0.2) is 0 Å². The Bertz CT molecular complexity index is 1000. The number of ether oxygens (including phenoxy) is 1. The molecule has 2 aromatic heterocycles. The van der Waals surface area contributed by atoms with Crippen molar-refractivity contribution in [2.75, 3.05) is 13.2 Å². The predicted molar refractivity (Wildman–Crippen MR) is 103 cm³/mol. The normalized spacial score (nSPS) is 19.7. The molecule has 6 nitrogen and oxygen atoms in total. The number of carbonyl (C=O) groups excluding carboxylic acids is 1. The van der Waals surface area contributed by atoms with Crippen LogP contribution in [0.5, 0.6) is 0 Å². The van der Waals surface area contributed by atoms with E-state index in [4.69, 9.17) is 4.74 Å². The SMILES string of the molecule is Cn1ccc2c(Cc3ccc(F)cc3)cc(C(=O)N[C@@H]3COCC[C@@H]3O)nc21. The van der Waals surface area contributed by atoms with E-state index in [-0.39, 0.29) is 24.0 Å². The maximum Gasteiger partial charge on any atom is 0.270 e. The molecular formula is C21H22FN3O3. The number of aliphatic hydroxyl groups excluding tert-OH is 1. The molecule has 0 unspecified atom stereocenters. The van der Waals surface area contributed by atoms with E-state index >= 15 is 0 Å². The highest BCUT2D eigenvalue weighted by molar-refractivity contribution is 5.95. The van der Waals surface area contributed by atoms with Crippen LogP contribution in [0.25, 0.3) is 11.0 Å². The summed E-state index contributed by atoms with van der Waals surface area (Å²) < 4.78 is 20.4. The van der Waals surface area contributed by atoms with Crippen LogP contribution in [0.3, 0.4) is 0 Å². The van der Waals surface area contributed by atoms with Crippen molar-refractivity contribution in [2.24, 2.45) is 7.05 Å². The number of halogens is 1. The van der Waals surface area contributed by atoms with E-state index in [9.17, 15) is 14.3 Å². The summed E-state index contributed by atoms with van der Waals surface area (Å²) in [5.74, 6) is -0.630. The number of nitrogens with one attached hydrogen (secondary N) is 1. The molecule has 0 spiro atoms. The number of aromatic nitrogens is 2. The molecule has 7 heteroatoms. The average Bonchev–Trinajstić information content (AvgIpc) is 3.07. The van der Waals surface area contributed by atoms with Crippen LogP contribution >= 0.6 is 0 Å². The molecule has 4 rings (SSSR count). The van der Waals surface area contributed by atoms with Crippen LogP contribution in [-0.2, 0) is 18.2 Å². The van der Waals surface area contributed by atoms with Crippen LogP contribution < -0.4 is 5.32 Å². The van der Waals surface area contributed by atoms with E-state index in [0.29, 0.717) is 25.1 Å². The van der Waals surface area contributed by atoms with Crippen LogP contribution in [0.4, 0.5) is 4.39 Å². The number of hydrogen-bond acceptors (Lipinski definition) is 4. The number of hydrogen-bond donors (Lipinski definition) is 2. The fourth-order valence-electron chi connectivity index (χ4n) is 3.49. The molecule has 1 aromatic carbocycles. The van der Waals surface area contributed by atoms with Gasteiger partial charge in [-0.15, -0.1) is 0 Å². The maximum absolute atomic E-state index is 13.2. The van der Waals surface area contributed by atoms with E-state index in [2.05, 4.69) is 10.3 Å². The second-order valence-corrected chi connectivity index (χ2v) is 7.14. The fourth-order valence-corrected chi connectivity index (χ4v) is 3.49. The maximum atomic E-state index is 13.2. The number of nitrogens with zero attached hydrogens (tertiary/aromatic N) is 2. The van der Waals surface area contributed by atoms with Crippen LogP contribution in [0.1, 0.15) is 28.0 Å². The van der Waals surface area contributed by atoms with Crippen molar-refractivity contribution in [2.45, 2.75) is 25.0 Å². The van der Waals surface area contributed by atoms with Crippen LogP contribution in [0.15, 0.2) is 42.6 Å². The topological polar surface area (TPSA) is 76.4 Å². The van der Waals surface area contributed by atoms with Crippen molar-refractivity contribution in [3.05, 3.63) is 65.2 Å². The first-order valence-electron chi connectivity index (χ1n) is 9.27. The van der Waals surface area contributed by atoms with Gasteiger partial charge in [0.2, 0.25) is 0 Å². The van der Waals surface area contributed by atoms with E-state index in [1.54, 1.807) is 18.2 Å². The first-order valence-corrected chi connectivity index (χ1v) is 9.27. The minimum Gasteiger partial charge on any atom is -0.391 e. The highest BCUT2D eigenvalue weighted by Gasteiger charge is 2.26. The summed E-state index contributed by atoms with van der Waals surface area (Å²) in [4.78, 5) is 17.3. The molecule has 0 bridgehead atoms. The van der Waals surface area contributed by atoms with E-state index < -0.39 is 12.1 Å². The van der Waals surface area contributed by atoms with Gasteiger partial charge in [0.25, 0.3) is 5.91 Å². The zero-order valence-corrected chi connectivity index (χ0v) is 15.6. The largest absolute Gasteiger partial charge is 0.391 e. The van der Waals surface area contributed by atoms with Gasteiger partial charge >= 0.3 is 0 Å². The first-order chi connectivity index (χ1) is 13.5. The standard InChI is InChI=1S/C21H22FN3O3/c1-25-8-6-16-14(10-13-2-4-15(22)5-3-13)11-17(23-20(16)25)21(27)24-18-12-28-9-7-19(18)26/h2-6,8,11,18-19,26H,7,9-10,12H2,1H3,(H,24,27)/t18-,19+/m1/s1. The molecule has 28 heavy (non-hydrogen) atoms. The highest BCUT2D eigenvalue weighted by Crippen LogP contribution is 2.23. The number of aliphatic hydroxyl groups is 1. The summed E-state index contributed by atoms with van der Waals surface area (Å²) in [5.41, 5.74) is 2.86. The Morgan fingerprint density at radius 3 is 2.89 bits per heavy atom. The van der Waals surface area contributed by atoms with E-state index in [1.807, 2.05) is 23.9 Å². The van der Waals surface area contributed by atoms with Gasteiger partial charge in [0.05, 0.1) is 18.8 Å². The summed E-state index contributed by atoms with van der Waals surface area (Å²) in [6, 6.07) is 9.60. The first kappa shape index (κ1) is 18.6. The summed E-state index contributed by atoms with van der Waals surface area (Å²) >= 11 is 0. The lowest BCUT2D eigenvalue weighted by Crippen LogP contribution is -2.49. The monoisotopic (exact) mass is 383 g/mol. The van der Waals surface area contributed by atoms with Gasteiger partial charge < -0.3 is 19.7 Å². The van der Waals surface area contributed by atoms with E-state index in [0.717, 1.165) is 16.5 Å². The number of fused-ring (bicyclic) bond motifs is 1. The van der Waals surface area contributed by atoms with Crippen LogP contribution in [0, 0.1) is 5.82 Å². The average molecular weight is 383 g/mol. The Morgan fingerprint density at radius 1 is 1.36 bits per heavy atom. The van der Waals surface area contributed by atoms with Gasteiger partial charge in [-0.2, -0.15) is 0 Å². The van der Waals surface area contributed by atoms with Gasteiger partial charge in [0.1, 0.15) is 17.2 Å². The number of amides is 1. The molecule has 1 fully saturated rings. The second-order valence-electron chi connectivity index (χ2n) is 7.14. The third-order valence-electron chi connectivity index (χ3n) is 5.10. The Labute approximate surface area is 162 Å². The molecule has 3 aromatic rings. The molecule has 0 saturated carbocycles. The lowest BCUT2D eigenvalue weighted by Gasteiger charge is -2.28. The van der Waals surface area contributed by atoms with E-state index in [1.165, 1.54) is 12.1 Å². The van der Waals surface area contributed by atoms with Crippen molar-refractivity contribution >= 4 is 16.9 Å². The summed E-state index contributed by atoms with van der Waals surface area (Å²) in [6.45, 7) is 0.769. The van der Waals surface area contributed by atoms with Crippen molar-refractivity contribution in [3.63, 3.8) is 0 Å². The number of rotatable bonds is 4. The molecule has 146 valence electrons. The lowest BCUT2D eigenvalue weighted by atomic mass is 10.0. The zero-order chi connectivity index (χ0) is 19.7. The molecular weight excluding hydrogens is 361 g/mol. The minimum absolute atomic E-state index is 0.280. The molecule has 0 aliphatic carbocycles. The van der Waals surface area contributed by atoms with Crippen LogP contribution in [0.2, 0.25) is 0 Å². The molecule has 0 radical (unpaired) electrons. The molecule has 1 aliphatic rings. The highest BCUT2D eigenvalue weighted by atomic mass is 19.1. The second kappa shape index (κ2) is 7.69. The molecule has 3 heterocycles. The Morgan fingerprint density at radius 2 is 2.14 bits per heavy atom. The molecule has 1 amide bonds. The quantitative estimate of drug-likeness (QED) is 0.724. The van der Waals surface area contributed by atoms with Gasteiger partial charge in [-0.3, -0.25) is 4.79 Å². The number of carbonyl (C=O) groups is 1. The summed E-state index contributed by atoms with van der Waals surface area (Å²) in [6.07, 6.45) is 2.31. The molecule has 2 N–H and O–H groups in total. The number of aryl methyl sites for hydroxylation is 1. The van der Waals surface area contributed by atoms with Gasteiger partial charge in [-0.05, 0) is 48.2 Å². The van der Waals surface area contributed by atoms with Gasteiger partial charge in [0, 0.05) is 25.2 Å². The lowest BCUT2D eigenvalue weighted by molar-refractivity contribution is -0.0140.